The summed E-state index contributed by atoms with van der Waals surface area (Å²) in [6.45, 7) is 0. The first kappa shape index (κ1) is 21.2. The number of anilines is 2. The van der Waals surface area contributed by atoms with Crippen molar-refractivity contribution < 1.29 is 40.2 Å². The topological polar surface area (TPSA) is 208 Å². The lowest BCUT2D eigenvalue weighted by Crippen LogP contribution is -2.01. The smallest absolute Gasteiger partial charge is 0.338 e. The predicted molar refractivity (Wildman–Crippen MR) is 89.0 cm³/mol. The van der Waals surface area contributed by atoms with Crippen LogP contribution in [0.2, 0.25) is 0 Å². The van der Waals surface area contributed by atoms with Crippen molar-refractivity contribution in [3.63, 3.8) is 0 Å². The standard InChI is InChI=1S/2C7H7NO4.CH4/c2*8-6-4(7(11)12)1-3(9)2-5(6)10;/h2*1-2,9-10H,8H2,(H,11,12);1H4. The minimum absolute atomic E-state index is 0. The van der Waals surface area contributed by atoms with E-state index in [1.807, 2.05) is 0 Å². The lowest BCUT2D eigenvalue weighted by atomic mass is 10.1. The van der Waals surface area contributed by atoms with E-state index in [4.69, 9.17) is 42.1 Å². The van der Waals surface area contributed by atoms with Gasteiger partial charge in [-0.1, -0.05) is 7.43 Å². The summed E-state index contributed by atoms with van der Waals surface area (Å²) in [7, 11) is 0. The number of nitrogen functional groups attached to an aromatic ring is 2. The molecule has 0 aromatic heterocycles. The molecule has 0 aliphatic rings. The second kappa shape index (κ2) is 8.15. The number of phenols is 4. The molecule has 136 valence electrons. The van der Waals surface area contributed by atoms with Gasteiger partial charge in [0.05, 0.1) is 22.5 Å². The highest BCUT2D eigenvalue weighted by molar-refractivity contribution is 5.96. The van der Waals surface area contributed by atoms with E-state index >= 15 is 0 Å². The molecule has 0 heterocycles. The van der Waals surface area contributed by atoms with Crippen LogP contribution in [0, 0.1) is 0 Å². The van der Waals surface area contributed by atoms with Gasteiger partial charge in [-0.05, 0) is 12.1 Å². The van der Waals surface area contributed by atoms with Crippen molar-refractivity contribution in [2.24, 2.45) is 0 Å². The Morgan fingerprint density at radius 2 is 0.960 bits per heavy atom. The Morgan fingerprint density at radius 3 is 1.20 bits per heavy atom. The van der Waals surface area contributed by atoms with Crippen molar-refractivity contribution in [3.05, 3.63) is 35.4 Å². The SMILES string of the molecule is C.Nc1c(O)cc(O)cc1C(=O)O.Nc1c(O)cc(O)cc1C(=O)O. The number of carboxylic acids is 2. The summed E-state index contributed by atoms with van der Waals surface area (Å²) in [5.74, 6) is -4.13. The molecule has 10 N–H and O–H groups in total. The van der Waals surface area contributed by atoms with Crippen molar-refractivity contribution in [1.29, 1.82) is 0 Å². The molecule has 0 bridgehead atoms. The van der Waals surface area contributed by atoms with Gasteiger partial charge in [0, 0.05) is 12.1 Å². The molecule has 10 heteroatoms. The zero-order valence-electron chi connectivity index (χ0n) is 12.0. The van der Waals surface area contributed by atoms with Gasteiger partial charge in [0.15, 0.2) is 0 Å². The van der Waals surface area contributed by atoms with E-state index in [-0.39, 0.29) is 41.4 Å². The zero-order chi connectivity index (χ0) is 18.6. The van der Waals surface area contributed by atoms with Crippen LogP contribution < -0.4 is 11.5 Å². The van der Waals surface area contributed by atoms with Crippen LogP contribution in [0.15, 0.2) is 24.3 Å². The van der Waals surface area contributed by atoms with Gasteiger partial charge in [0.2, 0.25) is 0 Å². The Bertz CT molecular complexity index is 737. The van der Waals surface area contributed by atoms with Crippen LogP contribution in [-0.2, 0) is 0 Å². The number of aromatic hydroxyl groups is 4. The Balaban J connectivity index is 0.000000443. The first-order valence-corrected chi connectivity index (χ1v) is 6.14. The fourth-order valence-electron chi connectivity index (χ4n) is 1.60. The fourth-order valence-corrected chi connectivity index (χ4v) is 1.60. The Hall–Kier alpha value is -3.82. The minimum Gasteiger partial charge on any atom is -0.508 e. The molecule has 0 spiro atoms. The van der Waals surface area contributed by atoms with Crippen LogP contribution >= 0.6 is 0 Å². The Labute approximate surface area is 141 Å². The highest BCUT2D eigenvalue weighted by atomic mass is 16.4. The molecule has 0 fully saturated rings. The third kappa shape index (κ3) is 5.10. The number of carbonyl (C=O) groups is 2. The lowest BCUT2D eigenvalue weighted by molar-refractivity contribution is 0.0686. The maximum absolute atomic E-state index is 10.4. The van der Waals surface area contributed by atoms with Crippen LogP contribution in [0.1, 0.15) is 28.1 Å². The predicted octanol–water partition coefficient (Wildman–Crippen LogP) is 1.39. The second-order valence-electron chi connectivity index (χ2n) is 4.46. The van der Waals surface area contributed by atoms with Gasteiger partial charge in [0.1, 0.15) is 23.0 Å². The van der Waals surface area contributed by atoms with Gasteiger partial charge in [-0.2, -0.15) is 0 Å². The number of benzene rings is 2. The van der Waals surface area contributed by atoms with E-state index in [0.29, 0.717) is 0 Å². The molecule has 0 amide bonds. The minimum atomic E-state index is -1.29. The second-order valence-corrected chi connectivity index (χ2v) is 4.46. The summed E-state index contributed by atoms with van der Waals surface area (Å²) in [5.41, 5.74) is 9.30. The third-order valence-corrected chi connectivity index (χ3v) is 2.75. The number of rotatable bonds is 2. The molecule has 0 atom stereocenters. The Morgan fingerprint density at radius 1 is 0.680 bits per heavy atom. The molecule has 10 nitrogen and oxygen atoms in total. The van der Waals surface area contributed by atoms with Gasteiger partial charge in [-0.15, -0.1) is 0 Å². The summed E-state index contributed by atoms with van der Waals surface area (Å²) >= 11 is 0. The highest BCUT2D eigenvalue weighted by Crippen LogP contribution is 2.29. The average Bonchev–Trinajstić information content (AvgIpc) is 2.46. The summed E-state index contributed by atoms with van der Waals surface area (Å²) in [4.78, 5) is 20.8. The number of phenolic OH excluding ortho intramolecular Hbond substituents is 4. The number of nitrogens with two attached hydrogens (primary N) is 2. The van der Waals surface area contributed by atoms with Gasteiger partial charge < -0.3 is 42.1 Å². The maximum atomic E-state index is 10.4. The number of aromatic carboxylic acids is 2. The van der Waals surface area contributed by atoms with Crippen LogP contribution in [0.25, 0.3) is 0 Å². The molecule has 0 aliphatic heterocycles. The van der Waals surface area contributed by atoms with E-state index in [2.05, 4.69) is 0 Å². The molecule has 0 radical (unpaired) electrons. The fraction of sp³-hybridized carbons (Fsp3) is 0.0667. The van der Waals surface area contributed by atoms with Crippen LogP contribution in [-0.4, -0.2) is 42.6 Å². The number of hydrogen-bond acceptors (Lipinski definition) is 8. The molecule has 0 unspecified atom stereocenters. The first-order valence-electron chi connectivity index (χ1n) is 6.14. The third-order valence-electron chi connectivity index (χ3n) is 2.75. The van der Waals surface area contributed by atoms with Crippen molar-refractivity contribution in [2.75, 3.05) is 11.5 Å². The van der Waals surface area contributed by atoms with E-state index in [1.54, 1.807) is 0 Å². The summed E-state index contributed by atoms with van der Waals surface area (Å²) in [6.07, 6.45) is 0. The lowest BCUT2D eigenvalue weighted by Gasteiger charge is -2.03. The van der Waals surface area contributed by atoms with E-state index in [0.717, 1.165) is 24.3 Å². The highest BCUT2D eigenvalue weighted by Gasteiger charge is 2.13. The van der Waals surface area contributed by atoms with Crippen molar-refractivity contribution in [3.8, 4) is 23.0 Å². The van der Waals surface area contributed by atoms with E-state index in [1.165, 1.54) is 0 Å². The van der Waals surface area contributed by atoms with Crippen LogP contribution in [0.5, 0.6) is 23.0 Å². The molecular weight excluding hydrogens is 336 g/mol. The summed E-state index contributed by atoms with van der Waals surface area (Å²) < 4.78 is 0. The molecule has 2 rings (SSSR count). The van der Waals surface area contributed by atoms with E-state index < -0.39 is 23.4 Å². The molecular formula is C15H18N2O8. The van der Waals surface area contributed by atoms with E-state index in [9.17, 15) is 9.59 Å². The van der Waals surface area contributed by atoms with Gasteiger partial charge in [-0.3, -0.25) is 0 Å². The quantitative estimate of drug-likeness (QED) is 0.221. The van der Waals surface area contributed by atoms with Crippen LogP contribution in [0.3, 0.4) is 0 Å². The van der Waals surface area contributed by atoms with Crippen molar-refractivity contribution in [1.82, 2.24) is 0 Å². The zero-order valence-corrected chi connectivity index (χ0v) is 12.0. The van der Waals surface area contributed by atoms with Gasteiger partial charge >= 0.3 is 11.9 Å². The summed E-state index contributed by atoms with van der Waals surface area (Å²) in [6, 6.07) is 3.89. The maximum Gasteiger partial charge on any atom is 0.338 e. The van der Waals surface area contributed by atoms with Crippen molar-refractivity contribution in [2.45, 2.75) is 7.43 Å². The van der Waals surface area contributed by atoms with Gasteiger partial charge in [-0.25, -0.2) is 9.59 Å². The summed E-state index contributed by atoms with van der Waals surface area (Å²) in [5, 5.41) is 52.8. The van der Waals surface area contributed by atoms with Crippen molar-refractivity contribution >= 4 is 23.3 Å². The normalized spacial score (nSPS) is 9.28. The average molecular weight is 354 g/mol. The molecule has 2 aromatic rings. The molecule has 25 heavy (non-hydrogen) atoms. The number of hydrogen-bond donors (Lipinski definition) is 8. The Kier molecular flexibility index (Phi) is 6.91. The monoisotopic (exact) mass is 354 g/mol. The molecule has 0 aliphatic carbocycles. The van der Waals surface area contributed by atoms with Gasteiger partial charge in [0.25, 0.3) is 0 Å². The largest absolute Gasteiger partial charge is 0.508 e. The molecule has 0 saturated carbocycles. The molecule has 2 aromatic carbocycles. The first-order chi connectivity index (χ1) is 11.0. The van der Waals surface area contributed by atoms with Crippen LogP contribution in [0.4, 0.5) is 11.4 Å². The molecule has 0 saturated heterocycles. The number of carboxylic acid groups (broad SMARTS) is 2.